The van der Waals surface area contributed by atoms with E-state index in [1.807, 2.05) is 0 Å². The zero-order valence-corrected chi connectivity index (χ0v) is 34.9. The van der Waals surface area contributed by atoms with Gasteiger partial charge in [0.05, 0.1) is 18.6 Å². The van der Waals surface area contributed by atoms with E-state index in [1.165, 1.54) is 64.2 Å². The Labute approximate surface area is 320 Å². The monoisotopic (exact) mass is 741 g/mol. The van der Waals surface area contributed by atoms with E-state index in [4.69, 9.17) is 14.6 Å². The number of hydrogen-bond acceptors (Lipinski definition) is 6. The van der Waals surface area contributed by atoms with Crippen molar-refractivity contribution in [3.8, 4) is 0 Å². The number of rotatable bonds is 36. The molecule has 0 spiro atoms. The Balaban J connectivity index is 0. The largest absolute Gasteiger partial charge is 0.481 e. The first-order chi connectivity index (χ1) is 24.9. The van der Waals surface area contributed by atoms with Gasteiger partial charge in [-0.3, -0.25) is 19.2 Å². The number of carbonyl (C=O) groups is 4. The molecular formula is C44H84O8. The Bertz CT molecular complexity index is 803. The van der Waals surface area contributed by atoms with Gasteiger partial charge in [-0.05, 0) is 63.2 Å². The highest BCUT2D eigenvalue weighted by molar-refractivity contribution is 5.74. The van der Waals surface area contributed by atoms with Crippen LogP contribution < -0.4 is 0 Å². The third-order valence-corrected chi connectivity index (χ3v) is 9.91. The third-order valence-electron chi connectivity index (χ3n) is 9.91. The zero-order chi connectivity index (χ0) is 39.3. The Morgan fingerprint density at radius 2 is 0.827 bits per heavy atom. The van der Waals surface area contributed by atoms with E-state index in [0.29, 0.717) is 76.4 Å². The van der Waals surface area contributed by atoms with E-state index in [9.17, 15) is 24.3 Å². The molecule has 52 heavy (non-hydrogen) atoms. The van der Waals surface area contributed by atoms with Crippen molar-refractivity contribution in [1.29, 1.82) is 0 Å². The molecular weight excluding hydrogens is 656 g/mol. The quantitative estimate of drug-likeness (QED) is 0.0480. The molecule has 0 saturated heterocycles. The van der Waals surface area contributed by atoms with Crippen molar-refractivity contribution in [3.63, 3.8) is 0 Å². The number of unbranched alkanes of at least 4 members (excludes halogenated alkanes) is 15. The van der Waals surface area contributed by atoms with Crippen molar-refractivity contribution < 1.29 is 38.9 Å². The van der Waals surface area contributed by atoms with Gasteiger partial charge in [-0.15, -0.1) is 0 Å². The van der Waals surface area contributed by atoms with Gasteiger partial charge < -0.3 is 19.7 Å². The first-order valence-electron chi connectivity index (χ1n) is 21.7. The minimum Gasteiger partial charge on any atom is -0.481 e. The van der Waals surface area contributed by atoms with E-state index in [-0.39, 0.29) is 18.4 Å². The van der Waals surface area contributed by atoms with Crippen LogP contribution >= 0.6 is 0 Å². The van der Waals surface area contributed by atoms with E-state index in [1.54, 1.807) is 0 Å². The van der Waals surface area contributed by atoms with Crippen LogP contribution in [0.4, 0.5) is 0 Å². The van der Waals surface area contributed by atoms with Gasteiger partial charge in [0.15, 0.2) is 0 Å². The molecule has 0 radical (unpaired) electrons. The van der Waals surface area contributed by atoms with Crippen molar-refractivity contribution in [2.45, 2.75) is 228 Å². The second kappa shape index (κ2) is 37.2. The lowest BCUT2D eigenvalue weighted by molar-refractivity contribution is -0.151. The topological polar surface area (TPSA) is 127 Å². The molecule has 0 fully saturated rings. The lowest BCUT2D eigenvalue weighted by Crippen LogP contribution is -2.31. The minimum absolute atomic E-state index is 0.0652. The number of esters is 2. The van der Waals surface area contributed by atoms with Gasteiger partial charge in [0.1, 0.15) is 0 Å². The number of carboxylic acids is 2. The third kappa shape index (κ3) is 36.2. The Kier molecular flexibility index (Phi) is 37.2. The predicted molar refractivity (Wildman–Crippen MR) is 215 cm³/mol. The van der Waals surface area contributed by atoms with E-state index in [0.717, 1.165) is 64.2 Å². The maximum Gasteiger partial charge on any atom is 0.309 e. The van der Waals surface area contributed by atoms with Gasteiger partial charge in [0.25, 0.3) is 0 Å². The van der Waals surface area contributed by atoms with Crippen molar-refractivity contribution >= 4 is 23.9 Å². The predicted octanol–water partition coefficient (Wildman–Crippen LogP) is 12.9. The summed E-state index contributed by atoms with van der Waals surface area (Å²) in [6.45, 7) is 14.3. The summed E-state index contributed by atoms with van der Waals surface area (Å²) in [4.78, 5) is 46.1. The van der Waals surface area contributed by atoms with E-state index < -0.39 is 17.4 Å². The van der Waals surface area contributed by atoms with Crippen LogP contribution in [0, 0.1) is 17.3 Å². The second-order valence-corrected chi connectivity index (χ2v) is 16.0. The summed E-state index contributed by atoms with van der Waals surface area (Å²) in [5.74, 6) is -0.460. The highest BCUT2D eigenvalue weighted by atomic mass is 16.5. The highest BCUT2D eigenvalue weighted by Gasteiger charge is 2.36. The molecule has 0 aromatic heterocycles. The molecule has 8 heteroatoms. The standard InChI is InChI=1S/2C22H42O4/c1-18(2)12-7-5-9-15-22(21(25)26,17-11-14-20(23)24)16-10-6-8-13-19(3)4;1-3-5-7-9-11-15-19-25-21(23)17-13-14-18-22(24)26-20-16-12-10-8-6-4-2/h18-19H,5-17H2,1-4H3,(H,23,24)(H,25,26);3-20H2,1-2H3. The van der Waals surface area contributed by atoms with Crippen LogP contribution in [0.1, 0.15) is 228 Å². The molecule has 0 saturated carbocycles. The summed E-state index contributed by atoms with van der Waals surface area (Å²) < 4.78 is 10.4. The summed E-state index contributed by atoms with van der Waals surface area (Å²) >= 11 is 0. The van der Waals surface area contributed by atoms with Crippen LogP contribution in [0.15, 0.2) is 0 Å². The number of hydrogen-bond donors (Lipinski definition) is 2. The SMILES string of the molecule is CC(C)CCCCCC(CCCCCC(C)C)(CCCC(=O)O)C(=O)O.CCCCCCCCOC(=O)CCCCC(=O)OCCCCCCCC. The summed E-state index contributed by atoms with van der Waals surface area (Å²) in [7, 11) is 0. The molecule has 0 aliphatic heterocycles. The Hall–Kier alpha value is -2.12. The number of aliphatic carboxylic acids is 2. The summed E-state index contributed by atoms with van der Waals surface area (Å²) in [6.07, 6.45) is 27.5. The minimum atomic E-state index is -0.835. The van der Waals surface area contributed by atoms with Gasteiger partial charge >= 0.3 is 23.9 Å². The number of carboxylic acid groups (broad SMARTS) is 2. The van der Waals surface area contributed by atoms with E-state index >= 15 is 0 Å². The summed E-state index contributed by atoms with van der Waals surface area (Å²) in [5.41, 5.74) is -0.731. The summed E-state index contributed by atoms with van der Waals surface area (Å²) in [6, 6.07) is 0. The smallest absolute Gasteiger partial charge is 0.309 e. The molecule has 0 bridgehead atoms. The molecule has 8 nitrogen and oxygen atoms in total. The molecule has 0 aromatic carbocycles. The normalized spacial score (nSPS) is 11.4. The van der Waals surface area contributed by atoms with Crippen LogP contribution in [-0.4, -0.2) is 47.3 Å². The maximum atomic E-state index is 12.1. The average Bonchev–Trinajstić information content (AvgIpc) is 3.08. The molecule has 0 aliphatic rings. The van der Waals surface area contributed by atoms with Gasteiger partial charge in [0, 0.05) is 19.3 Å². The van der Waals surface area contributed by atoms with Gasteiger partial charge in [-0.2, -0.15) is 0 Å². The van der Waals surface area contributed by atoms with Gasteiger partial charge in [0.2, 0.25) is 0 Å². The molecule has 0 amide bonds. The maximum absolute atomic E-state index is 12.1. The van der Waals surface area contributed by atoms with Crippen LogP contribution in [0.3, 0.4) is 0 Å². The molecule has 0 aromatic rings. The summed E-state index contributed by atoms with van der Waals surface area (Å²) in [5, 5.41) is 18.8. The van der Waals surface area contributed by atoms with Crippen molar-refractivity contribution in [3.05, 3.63) is 0 Å². The lowest BCUT2D eigenvalue weighted by Gasteiger charge is -2.30. The molecule has 0 rings (SSSR count). The Morgan fingerprint density at radius 3 is 1.19 bits per heavy atom. The molecule has 0 atom stereocenters. The van der Waals surface area contributed by atoms with Gasteiger partial charge in [-0.1, -0.05) is 157 Å². The molecule has 308 valence electrons. The first-order valence-corrected chi connectivity index (χ1v) is 21.7. The number of ether oxygens (including phenoxy) is 2. The highest BCUT2D eigenvalue weighted by Crippen LogP contribution is 2.37. The zero-order valence-electron chi connectivity index (χ0n) is 34.9. The fourth-order valence-corrected chi connectivity index (χ4v) is 6.48. The van der Waals surface area contributed by atoms with Crippen molar-refractivity contribution in [1.82, 2.24) is 0 Å². The molecule has 2 N–H and O–H groups in total. The van der Waals surface area contributed by atoms with Crippen LogP contribution in [0.25, 0.3) is 0 Å². The fraction of sp³-hybridized carbons (Fsp3) is 0.909. The molecule has 0 heterocycles. The van der Waals surface area contributed by atoms with Crippen LogP contribution in [0.5, 0.6) is 0 Å². The second-order valence-electron chi connectivity index (χ2n) is 16.0. The van der Waals surface area contributed by atoms with Crippen LogP contribution in [0.2, 0.25) is 0 Å². The number of carbonyl (C=O) groups excluding carboxylic acids is 2. The Morgan fingerprint density at radius 1 is 0.462 bits per heavy atom. The lowest BCUT2D eigenvalue weighted by atomic mass is 9.74. The van der Waals surface area contributed by atoms with Crippen LogP contribution in [-0.2, 0) is 28.7 Å². The average molecular weight is 741 g/mol. The molecule has 0 aliphatic carbocycles. The van der Waals surface area contributed by atoms with E-state index in [2.05, 4.69) is 41.5 Å². The fourth-order valence-electron chi connectivity index (χ4n) is 6.48. The first kappa shape index (κ1) is 52.0. The van der Waals surface area contributed by atoms with Gasteiger partial charge in [-0.25, -0.2) is 0 Å². The van der Waals surface area contributed by atoms with Crippen molar-refractivity contribution in [2.75, 3.05) is 13.2 Å². The molecule has 0 unspecified atom stereocenters. The van der Waals surface area contributed by atoms with Crippen molar-refractivity contribution in [2.24, 2.45) is 17.3 Å².